The highest BCUT2D eigenvalue weighted by atomic mass is 32.1. The van der Waals surface area contributed by atoms with Crippen LogP contribution < -0.4 is 4.74 Å². The Kier molecular flexibility index (Phi) is 6.30. The van der Waals surface area contributed by atoms with Crippen molar-refractivity contribution >= 4 is 23.6 Å². The Morgan fingerprint density at radius 2 is 2.00 bits per heavy atom. The first-order chi connectivity index (χ1) is 13.9. The van der Waals surface area contributed by atoms with Gasteiger partial charge in [-0.1, -0.05) is 23.8 Å². The van der Waals surface area contributed by atoms with E-state index in [0.29, 0.717) is 22.1 Å². The zero-order valence-corrected chi connectivity index (χ0v) is 18.2. The fraction of sp³-hybridized carbons (Fsp3) is 0.261. The Labute approximate surface area is 176 Å². The summed E-state index contributed by atoms with van der Waals surface area (Å²) in [7, 11) is 1.99. The lowest BCUT2D eigenvalue weighted by molar-refractivity contribution is 0.491. The second kappa shape index (κ2) is 8.89. The zero-order chi connectivity index (χ0) is 21.0. The van der Waals surface area contributed by atoms with Crippen molar-refractivity contribution in [2.75, 3.05) is 13.6 Å². The predicted molar refractivity (Wildman–Crippen MR) is 119 cm³/mol. The van der Waals surface area contributed by atoms with Crippen LogP contribution in [0.25, 0.3) is 11.3 Å². The molecule has 0 bridgehead atoms. The van der Waals surface area contributed by atoms with Crippen LogP contribution in [0, 0.1) is 32.1 Å². The molecular formula is C23H24N4OS. The lowest BCUT2D eigenvalue weighted by Crippen LogP contribution is -2.14. The van der Waals surface area contributed by atoms with Crippen LogP contribution in [0.2, 0.25) is 0 Å². The number of aromatic nitrogens is 1. The normalized spacial score (nSPS) is 10.9. The molecule has 0 fully saturated rings. The number of ether oxygens (including phenoxy) is 1. The van der Waals surface area contributed by atoms with Crippen molar-refractivity contribution in [3.63, 3.8) is 0 Å². The van der Waals surface area contributed by atoms with Gasteiger partial charge < -0.3 is 9.64 Å². The molecule has 5 nitrogen and oxygen atoms in total. The highest BCUT2D eigenvalue weighted by Gasteiger charge is 2.18. The number of nitriles is 1. The van der Waals surface area contributed by atoms with Gasteiger partial charge in [0.25, 0.3) is 0 Å². The van der Waals surface area contributed by atoms with E-state index in [4.69, 9.17) is 4.74 Å². The largest absolute Gasteiger partial charge is 0.443 e. The molecule has 0 amide bonds. The first-order valence-electron chi connectivity index (χ1n) is 9.43. The number of nitrogens with zero attached hydrogens (tertiary/aromatic N) is 4. The average molecular weight is 405 g/mol. The SMILES string of the molecule is CCN(C)C=Nc1cc(C)c(Oc2snc(-c3cccc(C)c3)c2C#N)cc1C. The molecular weight excluding hydrogens is 380 g/mol. The fourth-order valence-corrected chi connectivity index (χ4v) is 3.53. The molecule has 0 unspecified atom stereocenters. The molecule has 0 atom stereocenters. The summed E-state index contributed by atoms with van der Waals surface area (Å²) in [4.78, 5) is 6.57. The number of benzene rings is 2. The molecule has 0 saturated heterocycles. The Morgan fingerprint density at radius 3 is 2.69 bits per heavy atom. The highest BCUT2D eigenvalue weighted by molar-refractivity contribution is 7.08. The van der Waals surface area contributed by atoms with Crippen LogP contribution in [0.15, 0.2) is 41.4 Å². The summed E-state index contributed by atoms with van der Waals surface area (Å²) in [5.41, 5.74) is 6.03. The lowest BCUT2D eigenvalue weighted by Gasteiger charge is -2.12. The molecule has 29 heavy (non-hydrogen) atoms. The van der Waals surface area contributed by atoms with Crippen molar-refractivity contribution in [1.82, 2.24) is 9.27 Å². The van der Waals surface area contributed by atoms with E-state index < -0.39 is 0 Å². The number of hydrogen-bond acceptors (Lipinski definition) is 5. The van der Waals surface area contributed by atoms with Gasteiger partial charge in [0.15, 0.2) is 0 Å². The minimum Gasteiger partial charge on any atom is -0.443 e. The van der Waals surface area contributed by atoms with Crippen molar-refractivity contribution in [3.05, 3.63) is 58.7 Å². The van der Waals surface area contributed by atoms with E-state index in [0.717, 1.165) is 34.5 Å². The average Bonchev–Trinajstić information content (AvgIpc) is 3.11. The molecule has 0 aliphatic heterocycles. The van der Waals surface area contributed by atoms with Crippen LogP contribution in [0.5, 0.6) is 10.8 Å². The number of hydrogen-bond donors (Lipinski definition) is 0. The van der Waals surface area contributed by atoms with Gasteiger partial charge in [-0.3, -0.25) is 0 Å². The summed E-state index contributed by atoms with van der Waals surface area (Å²) in [5, 5.41) is 10.2. The molecule has 0 aliphatic rings. The molecule has 0 saturated carbocycles. The summed E-state index contributed by atoms with van der Waals surface area (Å²) in [6.07, 6.45) is 1.83. The maximum Gasteiger partial charge on any atom is 0.218 e. The van der Waals surface area contributed by atoms with Crippen LogP contribution in [-0.4, -0.2) is 29.2 Å². The van der Waals surface area contributed by atoms with E-state index in [1.54, 1.807) is 0 Å². The predicted octanol–water partition coefficient (Wildman–Crippen LogP) is 6.01. The number of rotatable bonds is 6. The Bertz CT molecular complexity index is 1090. The molecule has 0 N–H and O–H groups in total. The van der Waals surface area contributed by atoms with Gasteiger partial charge in [-0.2, -0.15) is 9.64 Å². The highest BCUT2D eigenvalue weighted by Crippen LogP contribution is 2.38. The van der Waals surface area contributed by atoms with Crippen molar-refractivity contribution in [1.29, 1.82) is 5.26 Å². The zero-order valence-electron chi connectivity index (χ0n) is 17.4. The Morgan fingerprint density at radius 1 is 1.21 bits per heavy atom. The van der Waals surface area contributed by atoms with Crippen molar-refractivity contribution in [3.8, 4) is 28.1 Å². The van der Waals surface area contributed by atoms with Crippen LogP contribution in [0.4, 0.5) is 5.69 Å². The quantitative estimate of drug-likeness (QED) is 0.373. The van der Waals surface area contributed by atoms with Gasteiger partial charge in [-0.05, 0) is 57.0 Å². The summed E-state index contributed by atoms with van der Waals surface area (Å²) in [6.45, 7) is 8.98. The molecule has 2 aromatic carbocycles. The van der Waals surface area contributed by atoms with Gasteiger partial charge in [-0.25, -0.2) is 4.99 Å². The monoisotopic (exact) mass is 404 g/mol. The molecule has 0 radical (unpaired) electrons. The third-order valence-corrected chi connectivity index (χ3v) is 5.38. The molecule has 3 rings (SSSR count). The fourth-order valence-electron chi connectivity index (χ4n) is 2.80. The standard InChI is InChI=1S/C23H24N4OS/c1-6-27(5)14-25-20-11-17(4)21(12-16(20)3)28-23-19(13-24)22(26-29-23)18-9-7-8-15(2)10-18/h7-12,14H,6H2,1-5H3. The van der Waals surface area contributed by atoms with Crippen LogP contribution in [0.3, 0.4) is 0 Å². The van der Waals surface area contributed by atoms with Gasteiger partial charge in [-0.15, -0.1) is 0 Å². The number of aryl methyl sites for hydroxylation is 3. The van der Waals surface area contributed by atoms with E-state index in [1.165, 1.54) is 11.5 Å². The summed E-state index contributed by atoms with van der Waals surface area (Å²) < 4.78 is 10.6. The lowest BCUT2D eigenvalue weighted by atomic mass is 10.1. The van der Waals surface area contributed by atoms with Crippen molar-refractivity contribution < 1.29 is 4.74 Å². The van der Waals surface area contributed by atoms with E-state index in [1.807, 2.05) is 75.5 Å². The molecule has 1 heterocycles. The third kappa shape index (κ3) is 4.64. The topological polar surface area (TPSA) is 61.5 Å². The first-order valence-corrected chi connectivity index (χ1v) is 10.2. The summed E-state index contributed by atoms with van der Waals surface area (Å²) in [6, 6.07) is 14.2. The molecule has 0 aliphatic carbocycles. The second-order valence-corrected chi connectivity index (χ2v) is 7.73. The van der Waals surface area contributed by atoms with Gasteiger partial charge in [0, 0.05) is 30.7 Å². The minimum absolute atomic E-state index is 0.462. The van der Waals surface area contributed by atoms with Crippen molar-refractivity contribution in [2.24, 2.45) is 4.99 Å². The third-order valence-electron chi connectivity index (χ3n) is 4.65. The van der Waals surface area contributed by atoms with Gasteiger partial charge in [0.1, 0.15) is 23.1 Å². The summed E-state index contributed by atoms with van der Waals surface area (Å²) in [5.74, 6) is 0.709. The molecule has 0 spiro atoms. The van der Waals surface area contributed by atoms with Gasteiger partial charge in [0.05, 0.1) is 12.0 Å². The molecule has 1 aromatic heterocycles. The molecule has 148 valence electrons. The molecule has 3 aromatic rings. The van der Waals surface area contributed by atoms with Crippen LogP contribution in [-0.2, 0) is 0 Å². The van der Waals surface area contributed by atoms with Crippen LogP contribution in [0.1, 0.15) is 29.2 Å². The molecule has 6 heteroatoms. The smallest absolute Gasteiger partial charge is 0.218 e. The van der Waals surface area contributed by atoms with Crippen molar-refractivity contribution in [2.45, 2.75) is 27.7 Å². The first kappa shape index (κ1) is 20.6. The van der Waals surface area contributed by atoms with Crippen LogP contribution >= 0.6 is 11.5 Å². The van der Waals surface area contributed by atoms with Gasteiger partial charge in [0.2, 0.25) is 5.06 Å². The van der Waals surface area contributed by atoms with E-state index in [-0.39, 0.29) is 0 Å². The Balaban J connectivity index is 1.92. The van der Waals surface area contributed by atoms with E-state index >= 15 is 0 Å². The maximum absolute atomic E-state index is 9.72. The number of aliphatic imine (C=N–C) groups is 1. The van der Waals surface area contributed by atoms with Gasteiger partial charge >= 0.3 is 0 Å². The maximum atomic E-state index is 9.72. The van der Waals surface area contributed by atoms with E-state index in [2.05, 4.69) is 22.4 Å². The Hall–Kier alpha value is -3.17. The minimum atomic E-state index is 0.462. The summed E-state index contributed by atoms with van der Waals surface area (Å²) >= 11 is 1.20. The van der Waals surface area contributed by atoms with E-state index in [9.17, 15) is 5.26 Å². The second-order valence-electron chi connectivity index (χ2n) is 7.00.